The summed E-state index contributed by atoms with van der Waals surface area (Å²) in [5.41, 5.74) is 3.05. The molecule has 3 heterocycles. The number of rotatable bonds is 7. The fraction of sp³-hybridized carbons (Fsp3) is 0.400. The highest BCUT2D eigenvalue weighted by Crippen LogP contribution is 2.40. The number of amides is 4. The van der Waals surface area contributed by atoms with Gasteiger partial charge in [-0.2, -0.15) is 0 Å². The monoisotopic (exact) mass is 547 g/mol. The molecule has 1 fully saturated rings. The van der Waals surface area contributed by atoms with Crippen molar-refractivity contribution in [3.63, 3.8) is 0 Å². The maximum atomic E-state index is 13.6. The van der Waals surface area contributed by atoms with Crippen LogP contribution >= 0.6 is 23.2 Å². The van der Waals surface area contributed by atoms with E-state index in [2.05, 4.69) is 15.6 Å². The number of fused-ring (bicyclic) bond motifs is 1. The summed E-state index contributed by atoms with van der Waals surface area (Å²) in [7, 11) is 0. The van der Waals surface area contributed by atoms with Crippen molar-refractivity contribution in [2.24, 2.45) is 0 Å². The van der Waals surface area contributed by atoms with E-state index in [0.29, 0.717) is 63.2 Å². The molecule has 1 saturated heterocycles. The molecule has 2 aliphatic rings. The number of carboxylic acid groups (broad SMARTS) is 1. The first kappa shape index (κ1) is 26.7. The molecule has 3 N–H and O–H groups in total. The molecule has 2 aliphatic heterocycles. The Morgan fingerprint density at radius 1 is 1.22 bits per heavy atom. The topological polar surface area (TPSA) is 132 Å². The molecule has 37 heavy (non-hydrogen) atoms. The van der Waals surface area contributed by atoms with Gasteiger partial charge in [-0.15, -0.1) is 0 Å². The van der Waals surface area contributed by atoms with Gasteiger partial charge in [-0.3, -0.25) is 19.4 Å². The minimum absolute atomic E-state index is 0.0594. The summed E-state index contributed by atoms with van der Waals surface area (Å²) in [6.07, 6.45) is -0.376. The van der Waals surface area contributed by atoms with Gasteiger partial charge in [0.2, 0.25) is 11.8 Å². The van der Waals surface area contributed by atoms with Crippen molar-refractivity contribution >= 4 is 47.0 Å². The maximum Gasteiger partial charge on any atom is 0.404 e. The fourth-order valence-electron chi connectivity index (χ4n) is 4.89. The molecule has 0 bridgehead atoms. The number of nitrogens with zero attached hydrogens (tertiary/aromatic N) is 3. The van der Waals surface area contributed by atoms with Gasteiger partial charge in [0, 0.05) is 78.0 Å². The number of likely N-dealkylation sites (tertiary alicyclic amines) is 1. The summed E-state index contributed by atoms with van der Waals surface area (Å²) in [6, 6.07) is 4.85. The molecule has 1 aromatic heterocycles. The van der Waals surface area contributed by atoms with Crippen molar-refractivity contribution in [1.29, 1.82) is 0 Å². The molecule has 196 valence electrons. The van der Waals surface area contributed by atoms with E-state index in [4.69, 9.17) is 23.2 Å². The highest BCUT2D eigenvalue weighted by molar-refractivity contribution is 6.36. The number of aryl methyl sites for hydroxylation is 1. The molecule has 1 atom stereocenters. The summed E-state index contributed by atoms with van der Waals surface area (Å²) >= 11 is 12.6. The van der Waals surface area contributed by atoms with Gasteiger partial charge in [-0.25, -0.2) is 4.79 Å². The van der Waals surface area contributed by atoms with Gasteiger partial charge in [-0.1, -0.05) is 29.3 Å². The minimum atomic E-state index is -1.21. The number of pyridine rings is 1. The number of hydrogen-bond acceptors (Lipinski definition) is 5. The van der Waals surface area contributed by atoms with Gasteiger partial charge < -0.3 is 25.5 Å². The second-order valence-electron chi connectivity index (χ2n) is 9.16. The van der Waals surface area contributed by atoms with E-state index in [1.165, 1.54) is 6.92 Å². The Labute approximate surface area is 223 Å². The summed E-state index contributed by atoms with van der Waals surface area (Å²) in [5.74, 6) is -0.518. The van der Waals surface area contributed by atoms with Crippen LogP contribution < -0.4 is 10.6 Å². The number of halogens is 2. The highest BCUT2D eigenvalue weighted by atomic mass is 35.5. The lowest BCUT2D eigenvalue weighted by Crippen LogP contribution is -2.38. The van der Waals surface area contributed by atoms with Gasteiger partial charge in [0.15, 0.2) is 0 Å². The number of carbonyl (C=O) groups excluding carboxylic acids is 3. The SMILES string of the molecule is CC(=O)NC1CCN(C(=O)CCN2Cc3nc(C)c(CNC(=O)O)c(-c4ccc(Cl)cc4Cl)c3C2=O)C1. The first-order valence-electron chi connectivity index (χ1n) is 11.8. The third kappa shape index (κ3) is 5.80. The zero-order valence-electron chi connectivity index (χ0n) is 20.4. The number of carbonyl (C=O) groups is 4. The van der Waals surface area contributed by atoms with Crippen molar-refractivity contribution < 1.29 is 24.3 Å². The van der Waals surface area contributed by atoms with E-state index in [1.54, 1.807) is 34.9 Å². The molecule has 10 nitrogen and oxygen atoms in total. The number of aromatic nitrogens is 1. The third-order valence-corrected chi connectivity index (χ3v) is 7.13. The van der Waals surface area contributed by atoms with Crippen molar-refractivity contribution in [1.82, 2.24) is 25.4 Å². The molecule has 12 heteroatoms. The predicted octanol–water partition coefficient (Wildman–Crippen LogP) is 3.21. The molecule has 2 aromatic rings. The van der Waals surface area contributed by atoms with Crippen LogP contribution in [0, 0.1) is 6.92 Å². The van der Waals surface area contributed by atoms with Crippen molar-refractivity contribution in [3.8, 4) is 11.1 Å². The normalized spacial score (nSPS) is 16.6. The summed E-state index contributed by atoms with van der Waals surface area (Å²) in [5, 5.41) is 15.1. The molecule has 0 aliphatic carbocycles. The lowest BCUT2D eigenvalue weighted by atomic mass is 9.92. The van der Waals surface area contributed by atoms with Gasteiger partial charge >= 0.3 is 6.09 Å². The average Bonchev–Trinajstić information content (AvgIpc) is 3.40. The second-order valence-corrected chi connectivity index (χ2v) is 10.0. The maximum absolute atomic E-state index is 13.6. The molecule has 0 saturated carbocycles. The zero-order valence-corrected chi connectivity index (χ0v) is 21.9. The summed E-state index contributed by atoms with van der Waals surface area (Å²) in [4.78, 5) is 56.8. The van der Waals surface area contributed by atoms with E-state index in [-0.39, 0.29) is 49.8 Å². The average molecular weight is 548 g/mol. The highest BCUT2D eigenvalue weighted by Gasteiger charge is 2.35. The van der Waals surface area contributed by atoms with Gasteiger partial charge in [0.1, 0.15) is 0 Å². The van der Waals surface area contributed by atoms with E-state index >= 15 is 0 Å². The van der Waals surface area contributed by atoms with Gasteiger partial charge in [0.05, 0.1) is 17.8 Å². The Balaban J connectivity index is 1.58. The molecule has 4 rings (SSSR count). The van der Waals surface area contributed by atoms with E-state index in [9.17, 15) is 24.3 Å². The Morgan fingerprint density at radius 3 is 2.65 bits per heavy atom. The van der Waals surface area contributed by atoms with Crippen molar-refractivity contribution in [2.75, 3.05) is 19.6 Å². The Hall–Kier alpha value is -3.37. The van der Waals surface area contributed by atoms with Gasteiger partial charge in [0.25, 0.3) is 5.91 Å². The summed E-state index contributed by atoms with van der Waals surface area (Å²) in [6.45, 7) is 4.57. The lowest BCUT2D eigenvalue weighted by molar-refractivity contribution is -0.130. The molecule has 0 radical (unpaired) electrons. The number of benzene rings is 1. The van der Waals surface area contributed by atoms with Crippen LogP contribution in [0.15, 0.2) is 18.2 Å². The van der Waals surface area contributed by atoms with Crippen LogP contribution in [0.25, 0.3) is 11.1 Å². The molecule has 1 aromatic carbocycles. The van der Waals surface area contributed by atoms with E-state index < -0.39 is 6.09 Å². The lowest BCUT2D eigenvalue weighted by Gasteiger charge is -2.20. The van der Waals surface area contributed by atoms with Crippen LogP contribution in [0.3, 0.4) is 0 Å². The van der Waals surface area contributed by atoms with Crippen LogP contribution in [0.1, 0.15) is 47.1 Å². The molecule has 4 amide bonds. The minimum Gasteiger partial charge on any atom is -0.465 e. The number of nitrogens with one attached hydrogen (secondary N) is 2. The Bertz CT molecular complexity index is 1280. The van der Waals surface area contributed by atoms with Crippen LogP contribution in [0.2, 0.25) is 10.0 Å². The standard InChI is InChI=1S/C25H27Cl2N5O5/c1-13-18(10-28-25(36)37)22(17-4-3-15(26)9-19(17)27)23-20(29-13)12-32(24(23)35)8-6-21(34)31-7-5-16(11-31)30-14(2)33/h3-4,9,16,28H,5-8,10-12H2,1-2H3,(H,30,33)(H,36,37). The van der Waals surface area contributed by atoms with Crippen LogP contribution in [0.5, 0.6) is 0 Å². The second kappa shape index (κ2) is 10.9. The summed E-state index contributed by atoms with van der Waals surface area (Å²) < 4.78 is 0. The van der Waals surface area contributed by atoms with Crippen molar-refractivity contribution in [2.45, 2.75) is 45.8 Å². The Morgan fingerprint density at radius 2 is 1.97 bits per heavy atom. The van der Waals surface area contributed by atoms with Crippen LogP contribution in [-0.4, -0.2) is 69.4 Å². The first-order valence-corrected chi connectivity index (χ1v) is 12.6. The predicted molar refractivity (Wildman–Crippen MR) is 137 cm³/mol. The molecular formula is C25H27Cl2N5O5. The van der Waals surface area contributed by atoms with Crippen molar-refractivity contribution in [3.05, 3.63) is 50.8 Å². The smallest absolute Gasteiger partial charge is 0.404 e. The fourth-order valence-corrected chi connectivity index (χ4v) is 5.39. The van der Waals surface area contributed by atoms with Crippen LogP contribution in [-0.2, 0) is 22.7 Å². The Kier molecular flexibility index (Phi) is 7.89. The molecular weight excluding hydrogens is 521 g/mol. The zero-order chi connectivity index (χ0) is 26.9. The third-order valence-electron chi connectivity index (χ3n) is 6.58. The number of hydrogen-bond donors (Lipinski definition) is 3. The molecule has 1 unspecified atom stereocenters. The molecule has 0 spiro atoms. The van der Waals surface area contributed by atoms with Gasteiger partial charge in [-0.05, 0) is 25.5 Å². The first-order chi connectivity index (χ1) is 17.5. The quantitative estimate of drug-likeness (QED) is 0.487. The van der Waals surface area contributed by atoms with Crippen LogP contribution in [0.4, 0.5) is 4.79 Å². The van der Waals surface area contributed by atoms with E-state index in [0.717, 1.165) is 0 Å². The van der Waals surface area contributed by atoms with E-state index in [1.807, 2.05) is 0 Å². The largest absolute Gasteiger partial charge is 0.465 e.